The number of aromatic nitrogens is 1. The molecular formula is C26H20N2O2. The molecule has 0 aliphatic heterocycles. The molecule has 0 spiro atoms. The molecule has 0 saturated heterocycles. The first-order chi connectivity index (χ1) is 14.7. The lowest BCUT2D eigenvalue weighted by Gasteiger charge is -2.10. The molecule has 0 aliphatic rings. The number of rotatable bonds is 4. The van der Waals surface area contributed by atoms with Crippen LogP contribution in [0.3, 0.4) is 0 Å². The van der Waals surface area contributed by atoms with Crippen LogP contribution in [0, 0.1) is 6.92 Å². The van der Waals surface area contributed by atoms with Gasteiger partial charge in [0.2, 0.25) is 0 Å². The van der Waals surface area contributed by atoms with Gasteiger partial charge in [0, 0.05) is 17.3 Å². The Hall–Kier alpha value is -3.92. The number of aryl methyl sites for hydroxylation is 1. The first kappa shape index (κ1) is 18.1. The van der Waals surface area contributed by atoms with Crippen LogP contribution in [0.2, 0.25) is 0 Å². The van der Waals surface area contributed by atoms with Gasteiger partial charge < -0.3 is 9.73 Å². The van der Waals surface area contributed by atoms with Crippen LogP contribution in [0.5, 0.6) is 0 Å². The number of hydrogen-bond acceptors (Lipinski definition) is 3. The maximum absolute atomic E-state index is 13.1. The van der Waals surface area contributed by atoms with Crippen molar-refractivity contribution in [2.24, 2.45) is 0 Å². The topological polar surface area (TPSA) is 55.1 Å². The molecule has 5 aromatic rings. The zero-order chi connectivity index (χ0) is 20.5. The number of carbonyl (C=O) groups excluding carboxylic acids is 1. The second kappa shape index (κ2) is 7.48. The first-order valence-corrected chi connectivity index (χ1v) is 9.90. The van der Waals surface area contributed by atoms with E-state index in [1.807, 2.05) is 91.9 Å². The summed E-state index contributed by atoms with van der Waals surface area (Å²) < 4.78 is 5.98. The standard InChI is InChI=1S/C26H20N2O2/c1-17-10-12-18(13-11-17)16-27-26(29)21-15-23(28-22-8-4-3-7-20(21)22)25-14-19-6-2-5-9-24(19)30-25/h2-15H,16H2,1H3,(H,27,29). The highest BCUT2D eigenvalue weighted by Gasteiger charge is 2.16. The molecule has 0 bridgehead atoms. The lowest BCUT2D eigenvalue weighted by molar-refractivity contribution is 0.0952. The lowest BCUT2D eigenvalue weighted by Crippen LogP contribution is -2.23. The zero-order valence-electron chi connectivity index (χ0n) is 16.6. The summed E-state index contributed by atoms with van der Waals surface area (Å²) in [5, 5.41) is 4.86. The van der Waals surface area contributed by atoms with E-state index in [-0.39, 0.29) is 5.91 Å². The van der Waals surface area contributed by atoms with Crippen molar-refractivity contribution in [1.29, 1.82) is 0 Å². The molecule has 0 radical (unpaired) electrons. The van der Waals surface area contributed by atoms with Gasteiger partial charge in [0.1, 0.15) is 11.3 Å². The quantitative estimate of drug-likeness (QED) is 0.415. The predicted octanol–water partition coefficient (Wildman–Crippen LogP) is 5.89. The number of nitrogens with zero attached hydrogens (tertiary/aromatic N) is 1. The van der Waals surface area contributed by atoms with Gasteiger partial charge in [-0.15, -0.1) is 0 Å². The largest absolute Gasteiger partial charge is 0.454 e. The molecule has 0 fully saturated rings. The van der Waals surface area contributed by atoms with Crippen molar-refractivity contribution < 1.29 is 9.21 Å². The Morgan fingerprint density at radius 1 is 0.933 bits per heavy atom. The summed E-state index contributed by atoms with van der Waals surface area (Å²) >= 11 is 0. The Morgan fingerprint density at radius 3 is 2.53 bits per heavy atom. The van der Waals surface area contributed by atoms with E-state index < -0.39 is 0 Å². The number of pyridine rings is 1. The van der Waals surface area contributed by atoms with Crippen molar-refractivity contribution in [3.05, 3.63) is 102 Å². The average molecular weight is 392 g/mol. The molecular weight excluding hydrogens is 372 g/mol. The number of amides is 1. The van der Waals surface area contributed by atoms with Crippen molar-refractivity contribution in [1.82, 2.24) is 10.3 Å². The van der Waals surface area contributed by atoms with Crippen molar-refractivity contribution in [3.63, 3.8) is 0 Å². The minimum absolute atomic E-state index is 0.133. The second-order valence-corrected chi connectivity index (χ2v) is 7.39. The predicted molar refractivity (Wildman–Crippen MR) is 119 cm³/mol. The normalized spacial score (nSPS) is 11.1. The summed E-state index contributed by atoms with van der Waals surface area (Å²) in [6.07, 6.45) is 0. The number of benzene rings is 3. The number of para-hydroxylation sites is 2. The summed E-state index contributed by atoms with van der Waals surface area (Å²) in [5.41, 5.74) is 5.04. The molecule has 0 saturated carbocycles. The number of furan rings is 1. The molecule has 146 valence electrons. The molecule has 2 heterocycles. The minimum atomic E-state index is -0.133. The Kier molecular flexibility index (Phi) is 4.52. The fourth-order valence-electron chi connectivity index (χ4n) is 3.58. The fourth-order valence-corrected chi connectivity index (χ4v) is 3.58. The summed E-state index contributed by atoms with van der Waals surface area (Å²) in [6.45, 7) is 2.51. The van der Waals surface area contributed by atoms with E-state index in [0.29, 0.717) is 23.6 Å². The SMILES string of the molecule is Cc1ccc(CNC(=O)c2cc(-c3cc4ccccc4o3)nc3ccccc23)cc1. The first-order valence-electron chi connectivity index (χ1n) is 9.90. The van der Waals surface area contributed by atoms with Gasteiger partial charge in [-0.1, -0.05) is 66.2 Å². The van der Waals surface area contributed by atoms with E-state index in [9.17, 15) is 4.79 Å². The van der Waals surface area contributed by atoms with Crippen LogP contribution in [0.15, 0.2) is 89.3 Å². The smallest absolute Gasteiger partial charge is 0.252 e. The third-order valence-corrected chi connectivity index (χ3v) is 5.21. The Labute approximate surface area is 174 Å². The molecule has 0 aliphatic carbocycles. The van der Waals surface area contributed by atoms with Gasteiger partial charge >= 0.3 is 0 Å². The van der Waals surface area contributed by atoms with E-state index in [1.54, 1.807) is 0 Å². The molecule has 4 nitrogen and oxygen atoms in total. The zero-order valence-corrected chi connectivity index (χ0v) is 16.6. The van der Waals surface area contributed by atoms with E-state index >= 15 is 0 Å². The van der Waals surface area contributed by atoms with Gasteiger partial charge in [-0.05, 0) is 36.8 Å². The molecule has 0 unspecified atom stereocenters. The Bertz CT molecular complexity index is 1330. The third-order valence-electron chi connectivity index (χ3n) is 5.21. The van der Waals surface area contributed by atoms with Gasteiger partial charge in [0.25, 0.3) is 5.91 Å². The van der Waals surface area contributed by atoms with Crippen molar-refractivity contribution in [2.75, 3.05) is 0 Å². The van der Waals surface area contributed by atoms with Crippen LogP contribution in [-0.2, 0) is 6.54 Å². The molecule has 1 N–H and O–H groups in total. The number of hydrogen-bond donors (Lipinski definition) is 1. The molecule has 30 heavy (non-hydrogen) atoms. The lowest BCUT2D eigenvalue weighted by atomic mass is 10.1. The van der Waals surface area contributed by atoms with Crippen molar-refractivity contribution >= 4 is 27.8 Å². The molecule has 1 amide bonds. The highest BCUT2D eigenvalue weighted by Crippen LogP contribution is 2.29. The van der Waals surface area contributed by atoms with E-state index in [2.05, 4.69) is 5.32 Å². The summed E-state index contributed by atoms with van der Waals surface area (Å²) in [7, 11) is 0. The van der Waals surface area contributed by atoms with Crippen LogP contribution in [0.25, 0.3) is 33.3 Å². The number of fused-ring (bicyclic) bond motifs is 2. The molecule has 5 rings (SSSR count). The maximum Gasteiger partial charge on any atom is 0.252 e. The molecule has 0 atom stereocenters. The van der Waals surface area contributed by atoms with Crippen molar-refractivity contribution in [3.8, 4) is 11.5 Å². The molecule has 2 aromatic heterocycles. The van der Waals surface area contributed by atoms with Crippen LogP contribution >= 0.6 is 0 Å². The van der Waals surface area contributed by atoms with Crippen LogP contribution in [-0.4, -0.2) is 10.9 Å². The summed E-state index contributed by atoms with van der Waals surface area (Å²) in [6, 6.07) is 27.4. The Morgan fingerprint density at radius 2 is 1.70 bits per heavy atom. The van der Waals surface area contributed by atoms with Crippen LogP contribution in [0.4, 0.5) is 0 Å². The van der Waals surface area contributed by atoms with Gasteiger partial charge in [0.05, 0.1) is 11.1 Å². The second-order valence-electron chi connectivity index (χ2n) is 7.39. The van der Waals surface area contributed by atoms with Gasteiger partial charge in [-0.3, -0.25) is 4.79 Å². The van der Waals surface area contributed by atoms with Crippen molar-refractivity contribution in [2.45, 2.75) is 13.5 Å². The van der Waals surface area contributed by atoms with Crippen LogP contribution < -0.4 is 5.32 Å². The van der Waals surface area contributed by atoms with Crippen LogP contribution in [0.1, 0.15) is 21.5 Å². The van der Waals surface area contributed by atoms with E-state index in [4.69, 9.17) is 9.40 Å². The summed E-state index contributed by atoms with van der Waals surface area (Å²) in [5.74, 6) is 0.515. The van der Waals surface area contributed by atoms with E-state index in [0.717, 1.165) is 27.4 Å². The maximum atomic E-state index is 13.1. The van der Waals surface area contributed by atoms with Gasteiger partial charge in [-0.25, -0.2) is 4.98 Å². The fraction of sp³-hybridized carbons (Fsp3) is 0.0769. The highest BCUT2D eigenvalue weighted by molar-refractivity contribution is 6.07. The Balaban J connectivity index is 1.53. The van der Waals surface area contributed by atoms with E-state index in [1.165, 1.54) is 5.56 Å². The number of carbonyl (C=O) groups is 1. The minimum Gasteiger partial charge on any atom is -0.454 e. The summed E-state index contributed by atoms with van der Waals surface area (Å²) in [4.78, 5) is 17.8. The monoisotopic (exact) mass is 392 g/mol. The molecule has 4 heteroatoms. The third kappa shape index (κ3) is 3.44. The highest BCUT2D eigenvalue weighted by atomic mass is 16.3. The van der Waals surface area contributed by atoms with Gasteiger partial charge in [-0.2, -0.15) is 0 Å². The number of nitrogens with one attached hydrogen (secondary N) is 1. The van der Waals surface area contributed by atoms with Gasteiger partial charge in [0.15, 0.2) is 5.76 Å². The average Bonchev–Trinajstić information content (AvgIpc) is 3.22. The molecule has 3 aromatic carbocycles.